The zero-order valence-corrected chi connectivity index (χ0v) is 11.0. The SMILES string of the molecule is Cc1ccc(C)c(NS(=O)(=O)N2CCCC2)c1. The average Bonchev–Trinajstić information content (AvgIpc) is 2.77. The van der Waals surface area contributed by atoms with Crippen molar-refractivity contribution in [1.82, 2.24) is 4.31 Å². The molecule has 0 aromatic heterocycles. The Hall–Kier alpha value is -1.07. The molecule has 0 unspecified atom stereocenters. The smallest absolute Gasteiger partial charge is 0.271 e. The molecule has 1 aliphatic heterocycles. The topological polar surface area (TPSA) is 49.4 Å². The van der Waals surface area contributed by atoms with Gasteiger partial charge in [0.15, 0.2) is 0 Å². The molecule has 0 radical (unpaired) electrons. The number of hydrogen-bond donors (Lipinski definition) is 1. The van der Waals surface area contributed by atoms with Crippen molar-refractivity contribution in [3.8, 4) is 0 Å². The molecule has 4 nitrogen and oxygen atoms in total. The summed E-state index contributed by atoms with van der Waals surface area (Å²) in [5.74, 6) is 0. The Morgan fingerprint density at radius 2 is 1.82 bits per heavy atom. The molecule has 0 spiro atoms. The van der Waals surface area contributed by atoms with Crippen LogP contribution in [0.4, 0.5) is 5.69 Å². The first kappa shape index (κ1) is 12.4. The first-order valence-electron chi connectivity index (χ1n) is 5.84. The van der Waals surface area contributed by atoms with Crippen LogP contribution in [0.25, 0.3) is 0 Å². The van der Waals surface area contributed by atoms with Crippen molar-refractivity contribution in [1.29, 1.82) is 0 Å². The maximum Gasteiger partial charge on any atom is 0.301 e. The highest BCUT2D eigenvalue weighted by Crippen LogP contribution is 2.20. The van der Waals surface area contributed by atoms with E-state index in [1.807, 2.05) is 32.0 Å². The lowest BCUT2D eigenvalue weighted by Crippen LogP contribution is -2.33. The number of hydrogen-bond acceptors (Lipinski definition) is 2. The normalized spacial score (nSPS) is 17.3. The van der Waals surface area contributed by atoms with E-state index < -0.39 is 10.2 Å². The number of nitrogens with zero attached hydrogens (tertiary/aromatic N) is 1. The third kappa shape index (κ3) is 2.79. The summed E-state index contributed by atoms with van der Waals surface area (Å²) >= 11 is 0. The van der Waals surface area contributed by atoms with E-state index in [1.165, 1.54) is 4.31 Å². The fraction of sp³-hybridized carbons (Fsp3) is 0.500. The molecule has 1 fully saturated rings. The van der Waals surface area contributed by atoms with Crippen LogP contribution in [0.5, 0.6) is 0 Å². The maximum atomic E-state index is 12.1. The molecule has 1 saturated heterocycles. The van der Waals surface area contributed by atoms with E-state index >= 15 is 0 Å². The maximum absolute atomic E-state index is 12.1. The summed E-state index contributed by atoms with van der Waals surface area (Å²) in [6, 6.07) is 5.77. The van der Waals surface area contributed by atoms with Crippen molar-refractivity contribution < 1.29 is 8.42 Å². The third-order valence-electron chi connectivity index (χ3n) is 3.04. The summed E-state index contributed by atoms with van der Waals surface area (Å²) in [5.41, 5.74) is 2.67. The highest BCUT2D eigenvalue weighted by atomic mass is 32.2. The van der Waals surface area contributed by atoms with Crippen LogP contribution in [-0.4, -0.2) is 25.8 Å². The zero-order valence-electron chi connectivity index (χ0n) is 10.2. The third-order valence-corrected chi connectivity index (χ3v) is 4.56. The molecule has 1 aromatic carbocycles. The van der Waals surface area contributed by atoms with Gasteiger partial charge < -0.3 is 0 Å². The van der Waals surface area contributed by atoms with Gasteiger partial charge in [-0.3, -0.25) is 4.72 Å². The van der Waals surface area contributed by atoms with Crippen LogP contribution < -0.4 is 4.72 Å². The molecular formula is C12H18N2O2S. The summed E-state index contributed by atoms with van der Waals surface area (Å²) < 4.78 is 28.3. The van der Waals surface area contributed by atoms with Gasteiger partial charge in [0.05, 0.1) is 5.69 Å². The lowest BCUT2D eigenvalue weighted by atomic mass is 10.1. The highest BCUT2D eigenvalue weighted by molar-refractivity contribution is 7.90. The summed E-state index contributed by atoms with van der Waals surface area (Å²) in [4.78, 5) is 0. The Morgan fingerprint density at radius 1 is 1.18 bits per heavy atom. The Bertz CT molecular complexity index is 505. The van der Waals surface area contributed by atoms with Crippen LogP contribution in [0.2, 0.25) is 0 Å². The van der Waals surface area contributed by atoms with Gasteiger partial charge in [0.2, 0.25) is 0 Å². The minimum atomic E-state index is -3.37. The first-order valence-corrected chi connectivity index (χ1v) is 7.28. The lowest BCUT2D eigenvalue weighted by Gasteiger charge is -2.18. The Morgan fingerprint density at radius 3 is 2.47 bits per heavy atom. The molecule has 0 atom stereocenters. The molecule has 5 heteroatoms. The highest BCUT2D eigenvalue weighted by Gasteiger charge is 2.25. The van der Waals surface area contributed by atoms with Gasteiger partial charge in [-0.2, -0.15) is 12.7 Å². The molecule has 2 rings (SSSR count). The van der Waals surface area contributed by atoms with Crippen LogP contribution in [0, 0.1) is 13.8 Å². The number of nitrogens with one attached hydrogen (secondary N) is 1. The molecule has 0 amide bonds. The second-order valence-electron chi connectivity index (χ2n) is 4.53. The van der Waals surface area contributed by atoms with Crippen molar-refractivity contribution in [3.63, 3.8) is 0 Å². The average molecular weight is 254 g/mol. The fourth-order valence-electron chi connectivity index (χ4n) is 1.98. The van der Waals surface area contributed by atoms with Crippen LogP contribution in [0.3, 0.4) is 0 Å². The van der Waals surface area contributed by atoms with E-state index in [2.05, 4.69) is 4.72 Å². The van der Waals surface area contributed by atoms with Gasteiger partial charge in [-0.15, -0.1) is 0 Å². The van der Waals surface area contributed by atoms with E-state index in [0.29, 0.717) is 18.8 Å². The number of anilines is 1. The van der Waals surface area contributed by atoms with Gasteiger partial charge in [0, 0.05) is 13.1 Å². The molecular weight excluding hydrogens is 236 g/mol. The van der Waals surface area contributed by atoms with Crippen LogP contribution in [-0.2, 0) is 10.2 Å². The molecule has 1 N–H and O–H groups in total. The summed E-state index contributed by atoms with van der Waals surface area (Å²) in [5, 5.41) is 0. The van der Waals surface area contributed by atoms with E-state index in [4.69, 9.17) is 0 Å². The fourth-order valence-corrected chi connectivity index (χ4v) is 3.34. The molecule has 94 valence electrons. The molecule has 0 aliphatic carbocycles. The van der Waals surface area contributed by atoms with Gasteiger partial charge in [-0.1, -0.05) is 12.1 Å². The monoisotopic (exact) mass is 254 g/mol. The molecule has 17 heavy (non-hydrogen) atoms. The Balaban J connectivity index is 2.22. The van der Waals surface area contributed by atoms with Gasteiger partial charge in [-0.25, -0.2) is 0 Å². The van der Waals surface area contributed by atoms with Crippen molar-refractivity contribution in [2.75, 3.05) is 17.8 Å². The van der Waals surface area contributed by atoms with Crippen LogP contribution in [0.15, 0.2) is 18.2 Å². The van der Waals surface area contributed by atoms with E-state index in [0.717, 1.165) is 24.0 Å². The summed E-state index contributed by atoms with van der Waals surface area (Å²) in [6.45, 7) is 5.11. The van der Waals surface area contributed by atoms with E-state index in [-0.39, 0.29) is 0 Å². The van der Waals surface area contributed by atoms with Crippen molar-refractivity contribution in [2.24, 2.45) is 0 Å². The number of rotatable bonds is 3. The van der Waals surface area contributed by atoms with Gasteiger partial charge in [-0.05, 0) is 43.9 Å². The van der Waals surface area contributed by atoms with Crippen molar-refractivity contribution in [3.05, 3.63) is 29.3 Å². The van der Waals surface area contributed by atoms with Crippen LogP contribution >= 0.6 is 0 Å². The van der Waals surface area contributed by atoms with E-state index in [9.17, 15) is 8.42 Å². The molecule has 0 bridgehead atoms. The second-order valence-corrected chi connectivity index (χ2v) is 6.20. The molecule has 1 aromatic rings. The summed E-state index contributed by atoms with van der Waals surface area (Å²) in [7, 11) is -3.37. The zero-order chi connectivity index (χ0) is 12.5. The minimum absolute atomic E-state index is 0.625. The Labute approximate surface area is 103 Å². The van der Waals surface area contributed by atoms with Crippen LogP contribution in [0.1, 0.15) is 24.0 Å². The van der Waals surface area contributed by atoms with Crippen molar-refractivity contribution in [2.45, 2.75) is 26.7 Å². The number of benzene rings is 1. The minimum Gasteiger partial charge on any atom is -0.271 e. The van der Waals surface area contributed by atoms with Gasteiger partial charge >= 0.3 is 10.2 Å². The molecule has 0 saturated carbocycles. The Kier molecular flexibility index (Phi) is 3.40. The van der Waals surface area contributed by atoms with Gasteiger partial charge in [0.25, 0.3) is 0 Å². The largest absolute Gasteiger partial charge is 0.301 e. The predicted molar refractivity (Wildman–Crippen MR) is 69.3 cm³/mol. The van der Waals surface area contributed by atoms with Gasteiger partial charge in [0.1, 0.15) is 0 Å². The van der Waals surface area contributed by atoms with E-state index in [1.54, 1.807) is 0 Å². The lowest BCUT2D eigenvalue weighted by molar-refractivity contribution is 0.482. The number of aryl methyl sites for hydroxylation is 2. The first-order chi connectivity index (χ1) is 7.99. The molecule has 1 aliphatic rings. The standard InChI is InChI=1S/C12H18N2O2S/c1-10-5-6-11(2)12(9-10)13-17(15,16)14-7-3-4-8-14/h5-6,9,13H,3-4,7-8H2,1-2H3. The summed E-state index contributed by atoms with van der Waals surface area (Å²) in [6.07, 6.45) is 1.90. The quantitative estimate of drug-likeness (QED) is 0.897. The second kappa shape index (κ2) is 4.66. The molecule has 1 heterocycles. The predicted octanol–water partition coefficient (Wildman–Crippen LogP) is 2.06. The van der Waals surface area contributed by atoms with Crippen molar-refractivity contribution >= 4 is 15.9 Å².